The average molecular weight is 286 g/mol. The fraction of sp³-hybridized carbons (Fsp3) is 0.286. The van der Waals surface area contributed by atoms with Crippen LogP contribution in [0.15, 0.2) is 12.3 Å². The summed E-state index contributed by atoms with van der Waals surface area (Å²) in [4.78, 5) is 28.6. The molecule has 0 aliphatic carbocycles. The van der Waals surface area contributed by atoms with E-state index in [1.54, 1.807) is 0 Å². The van der Waals surface area contributed by atoms with E-state index < -0.39 is 18.4 Å². The Kier molecular flexibility index (Phi) is 3.89. The van der Waals surface area contributed by atoms with Crippen LogP contribution in [0.2, 0.25) is 0 Å². The monoisotopic (exact) mass is 286 g/mol. The topological polar surface area (TPSA) is 87.8 Å². The summed E-state index contributed by atoms with van der Waals surface area (Å²) in [5, 5.41) is 13.0. The number of hydrogen-bond acceptors (Lipinski definition) is 4. The number of carboxylic acids is 1. The number of fused-ring (bicyclic) bond motifs is 1. The lowest BCUT2D eigenvalue weighted by molar-refractivity contribution is -0.137. The number of amides is 1. The van der Waals surface area contributed by atoms with Crippen molar-refractivity contribution in [2.24, 2.45) is 0 Å². The summed E-state index contributed by atoms with van der Waals surface area (Å²) < 4.78 is 1.54. The highest BCUT2D eigenvalue weighted by atomic mass is 16.4. The molecule has 7 nitrogen and oxygen atoms in total. The first-order valence-electron chi connectivity index (χ1n) is 6.20. The maximum absolute atomic E-state index is 12.4. The normalized spacial score (nSPS) is 10.3. The van der Waals surface area contributed by atoms with Gasteiger partial charge in [-0.1, -0.05) is 5.92 Å². The van der Waals surface area contributed by atoms with Gasteiger partial charge >= 0.3 is 5.97 Å². The van der Waals surface area contributed by atoms with Gasteiger partial charge in [-0.2, -0.15) is 5.10 Å². The number of nitrogens with zero attached hydrogens (tertiary/aromatic N) is 4. The summed E-state index contributed by atoms with van der Waals surface area (Å²) in [6.45, 7) is 3.10. The second kappa shape index (κ2) is 5.63. The average Bonchev–Trinajstić information content (AvgIpc) is 2.80. The minimum atomic E-state index is -1.13. The van der Waals surface area contributed by atoms with Crippen molar-refractivity contribution < 1.29 is 14.7 Å². The third-order valence-electron chi connectivity index (χ3n) is 2.90. The highest BCUT2D eigenvalue weighted by Crippen LogP contribution is 2.14. The maximum Gasteiger partial charge on any atom is 0.323 e. The van der Waals surface area contributed by atoms with E-state index in [1.807, 2.05) is 19.9 Å². The second-order valence-electron chi connectivity index (χ2n) is 4.59. The van der Waals surface area contributed by atoms with Crippen molar-refractivity contribution in [2.45, 2.75) is 13.8 Å². The van der Waals surface area contributed by atoms with Crippen LogP contribution < -0.4 is 0 Å². The van der Waals surface area contributed by atoms with E-state index in [1.165, 1.54) is 10.7 Å². The van der Waals surface area contributed by atoms with Crippen LogP contribution in [0.25, 0.3) is 5.65 Å². The molecule has 0 radical (unpaired) electrons. The number of carboxylic acid groups (broad SMARTS) is 1. The van der Waals surface area contributed by atoms with Crippen LogP contribution in [-0.4, -0.2) is 49.6 Å². The molecule has 0 bridgehead atoms. The molecule has 108 valence electrons. The van der Waals surface area contributed by atoms with Gasteiger partial charge in [-0.3, -0.25) is 9.59 Å². The summed E-state index contributed by atoms with van der Waals surface area (Å²) in [5.74, 6) is 0.654. The van der Waals surface area contributed by atoms with E-state index in [0.717, 1.165) is 16.3 Å². The summed E-state index contributed by atoms with van der Waals surface area (Å²) in [7, 11) is 0. The van der Waals surface area contributed by atoms with Crippen LogP contribution in [0.5, 0.6) is 0 Å². The first-order chi connectivity index (χ1) is 9.93. The molecular weight excluding hydrogens is 272 g/mol. The summed E-state index contributed by atoms with van der Waals surface area (Å²) in [5.41, 5.74) is 2.21. The van der Waals surface area contributed by atoms with E-state index in [9.17, 15) is 9.59 Å². The van der Waals surface area contributed by atoms with Gasteiger partial charge < -0.3 is 10.0 Å². The molecule has 0 aliphatic rings. The Hall–Kier alpha value is -2.88. The quantitative estimate of drug-likeness (QED) is 0.827. The molecule has 21 heavy (non-hydrogen) atoms. The van der Waals surface area contributed by atoms with Crippen molar-refractivity contribution in [1.82, 2.24) is 19.5 Å². The zero-order valence-corrected chi connectivity index (χ0v) is 11.7. The van der Waals surface area contributed by atoms with E-state index in [-0.39, 0.29) is 12.1 Å². The number of aromatic nitrogens is 3. The first-order valence-corrected chi connectivity index (χ1v) is 6.20. The predicted molar refractivity (Wildman–Crippen MR) is 74.8 cm³/mol. The third-order valence-corrected chi connectivity index (χ3v) is 2.90. The number of terminal acetylenes is 1. The summed E-state index contributed by atoms with van der Waals surface area (Å²) >= 11 is 0. The van der Waals surface area contributed by atoms with Crippen molar-refractivity contribution in [2.75, 3.05) is 13.1 Å². The molecule has 2 rings (SSSR count). The van der Waals surface area contributed by atoms with Gasteiger partial charge in [-0.25, -0.2) is 9.50 Å². The molecule has 1 N–H and O–H groups in total. The van der Waals surface area contributed by atoms with Gasteiger partial charge in [0.25, 0.3) is 5.91 Å². The minimum absolute atomic E-state index is 0.0900. The number of aryl methyl sites for hydroxylation is 2. The molecule has 0 unspecified atom stereocenters. The number of carbonyl (C=O) groups is 2. The zero-order valence-electron chi connectivity index (χ0n) is 11.7. The standard InChI is InChI=1S/C14H14N4O3/c1-4-5-17(8-12(19)20)14(21)11-7-15-18-10(3)6-9(2)16-13(11)18/h1,6-7H,5,8H2,2-3H3,(H,19,20). The van der Waals surface area contributed by atoms with Crippen LogP contribution in [0.3, 0.4) is 0 Å². The van der Waals surface area contributed by atoms with Crippen LogP contribution in [0.4, 0.5) is 0 Å². The van der Waals surface area contributed by atoms with Gasteiger partial charge in [0.05, 0.1) is 12.7 Å². The molecule has 2 heterocycles. The summed E-state index contributed by atoms with van der Waals surface area (Å²) in [6, 6.07) is 1.84. The SMILES string of the molecule is C#CCN(CC(=O)O)C(=O)c1cnn2c(C)cc(C)nc12. The van der Waals surface area contributed by atoms with Gasteiger partial charge in [0.1, 0.15) is 12.1 Å². The Bertz CT molecular complexity index is 757. The number of hydrogen-bond donors (Lipinski definition) is 1. The molecule has 0 aromatic carbocycles. The van der Waals surface area contributed by atoms with Crippen molar-refractivity contribution in [3.63, 3.8) is 0 Å². The summed E-state index contributed by atoms with van der Waals surface area (Å²) in [6.07, 6.45) is 6.56. The Morgan fingerprint density at radius 2 is 2.19 bits per heavy atom. The number of carbonyl (C=O) groups excluding carboxylic acids is 1. The molecular formula is C14H14N4O3. The number of rotatable bonds is 4. The van der Waals surface area contributed by atoms with Crippen molar-refractivity contribution in [3.05, 3.63) is 29.2 Å². The molecule has 7 heteroatoms. The van der Waals surface area contributed by atoms with E-state index in [2.05, 4.69) is 16.0 Å². The number of aliphatic carboxylic acids is 1. The predicted octanol–water partition coefficient (Wildman–Crippen LogP) is 0.506. The Balaban J connectivity index is 2.47. The molecule has 2 aromatic heterocycles. The smallest absolute Gasteiger partial charge is 0.323 e. The molecule has 0 aliphatic heterocycles. The van der Waals surface area contributed by atoms with Crippen LogP contribution in [0, 0.1) is 26.2 Å². The maximum atomic E-state index is 12.4. The molecule has 0 atom stereocenters. The van der Waals surface area contributed by atoms with Crippen LogP contribution >= 0.6 is 0 Å². The lowest BCUT2D eigenvalue weighted by atomic mass is 10.2. The van der Waals surface area contributed by atoms with Crippen LogP contribution in [-0.2, 0) is 4.79 Å². The molecule has 0 saturated heterocycles. The molecule has 0 fully saturated rings. The van der Waals surface area contributed by atoms with Gasteiger partial charge in [0.15, 0.2) is 5.65 Å². The first kappa shape index (κ1) is 14.5. The van der Waals surface area contributed by atoms with Gasteiger partial charge in [0, 0.05) is 11.4 Å². The Morgan fingerprint density at radius 1 is 1.48 bits per heavy atom. The van der Waals surface area contributed by atoms with Crippen LogP contribution in [0.1, 0.15) is 21.7 Å². The third kappa shape index (κ3) is 2.84. The van der Waals surface area contributed by atoms with Crippen molar-refractivity contribution in [1.29, 1.82) is 0 Å². The lowest BCUT2D eigenvalue weighted by Gasteiger charge is -2.16. The second-order valence-corrected chi connectivity index (χ2v) is 4.59. The Morgan fingerprint density at radius 3 is 2.81 bits per heavy atom. The fourth-order valence-electron chi connectivity index (χ4n) is 2.06. The van der Waals surface area contributed by atoms with Crippen molar-refractivity contribution >= 4 is 17.5 Å². The van der Waals surface area contributed by atoms with Crippen molar-refractivity contribution in [3.8, 4) is 12.3 Å². The fourth-order valence-corrected chi connectivity index (χ4v) is 2.06. The van der Waals surface area contributed by atoms with E-state index >= 15 is 0 Å². The Labute approximate surface area is 121 Å². The molecule has 1 amide bonds. The zero-order chi connectivity index (χ0) is 15.6. The van der Waals surface area contributed by atoms with Gasteiger partial charge in [-0.15, -0.1) is 6.42 Å². The molecule has 0 spiro atoms. The molecule has 0 saturated carbocycles. The lowest BCUT2D eigenvalue weighted by Crippen LogP contribution is -2.36. The highest BCUT2D eigenvalue weighted by molar-refractivity contribution is 6.00. The molecule has 2 aromatic rings. The highest BCUT2D eigenvalue weighted by Gasteiger charge is 2.22. The van der Waals surface area contributed by atoms with E-state index in [0.29, 0.717) is 5.65 Å². The van der Waals surface area contributed by atoms with E-state index in [4.69, 9.17) is 11.5 Å². The van der Waals surface area contributed by atoms with Gasteiger partial charge in [-0.05, 0) is 19.9 Å². The largest absolute Gasteiger partial charge is 0.480 e. The minimum Gasteiger partial charge on any atom is -0.480 e. The van der Waals surface area contributed by atoms with Gasteiger partial charge in [0.2, 0.25) is 0 Å².